The van der Waals surface area contributed by atoms with Crippen LogP contribution in [0, 0.1) is 32.9 Å². The Kier molecular flexibility index (Phi) is 9.27. The standard InChI is InChI=1S/C43H42N2.Pt/c1-27-20-29(3)37(21-28(27)2)31-16-18-44-40(25-31)33-23-38-35(14-11-15-36(38)39(24-33)43(7,8)9)30-12-10-13-32(22-30)41-26-34(17-19-45-41)42(4,5)6;/h10-21,24-26H,1-9H3;/q-2;+2. The second-order valence-corrected chi connectivity index (χ2v) is 14.4. The molecule has 0 aliphatic heterocycles. The fourth-order valence-electron chi connectivity index (χ4n) is 6.12. The van der Waals surface area contributed by atoms with E-state index in [2.05, 4.69) is 153 Å². The van der Waals surface area contributed by atoms with Crippen LogP contribution in [0.1, 0.15) is 69.4 Å². The van der Waals surface area contributed by atoms with Crippen LogP contribution in [0.3, 0.4) is 0 Å². The molecule has 0 saturated heterocycles. The first kappa shape index (κ1) is 33.5. The molecular weight excluding hydrogens is 740 g/mol. The molecule has 0 fully saturated rings. The fraction of sp³-hybridized carbons (Fsp3) is 0.256. The summed E-state index contributed by atoms with van der Waals surface area (Å²) in [5.41, 5.74) is 14.8. The number of nitrogens with zero attached hydrogens (tertiary/aromatic N) is 2. The van der Waals surface area contributed by atoms with E-state index in [1.165, 1.54) is 44.3 Å². The first-order chi connectivity index (χ1) is 21.3. The van der Waals surface area contributed by atoms with E-state index in [1.807, 2.05) is 12.4 Å². The van der Waals surface area contributed by atoms with Crippen molar-refractivity contribution in [1.82, 2.24) is 9.97 Å². The number of fused-ring (bicyclic) bond motifs is 1. The van der Waals surface area contributed by atoms with E-state index in [-0.39, 0.29) is 31.9 Å². The van der Waals surface area contributed by atoms with Gasteiger partial charge in [0.2, 0.25) is 0 Å². The third kappa shape index (κ3) is 6.65. The van der Waals surface area contributed by atoms with Gasteiger partial charge in [-0.1, -0.05) is 106 Å². The van der Waals surface area contributed by atoms with Crippen molar-refractivity contribution in [2.75, 3.05) is 0 Å². The van der Waals surface area contributed by atoms with Crippen molar-refractivity contribution in [3.8, 4) is 44.8 Å². The predicted molar refractivity (Wildman–Crippen MR) is 191 cm³/mol. The van der Waals surface area contributed by atoms with Crippen LogP contribution in [0.15, 0.2) is 91.3 Å². The van der Waals surface area contributed by atoms with Crippen molar-refractivity contribution in [1.29, 1.82) is 0 Å². The number of pyridine rings is 2. The largest absolute Gasteiger partial charge is 2.00 e. The number of aryl methyl sites for hydroxylation is 3. The Hall–Kier alpha value is -3.87. The number of aromatic nitrogens is 2. The molecule has 0 N–H and O–H groups in total. The Morgan fingerprint density at radius 3 is 1.91 bits per heavy atom. The molecule has 4 aromatic carbocycles. The van der Waals surface area contributed by atoms with E-state index >= 15 is 0 Å². The molecule has 2 nitrogen and oxygen atoms in total. The minimum atomic E-state index is -0.0775. The third-order valence-corrected chi connectivity index (χ3v) is 8.89. The van der Waals surface area contributed by atoms with Crippen molar-refractivity contribution in [3.05, 3.63) is 131 Å². The summed E-state index contributed by atoms with van der Waals surface area (Å²) in [5.74, 6) is 0. The van der Waals surface area contributed by atoms with Crippen LogP contribution in [0.4, 0.5) is 0 Å². The second-order valence-electron chi connectivity index (χ2n) is 14.4. The molecule has 0 aliphatic rings. The molecule has 2 heterocycles. The van der Waals surface area contributed by atoms with Crippen molar-refractivity contribution < 1.29 is 21.1 Å². The Bertz CT molecular complexity index is 2060. The third-order valence-electron chi connectivity index (χ3n) is 8.89. The molecular formula is C43H42N2Pt. The molecule has 0 atom stereocenters. The predicted octanol–water partition coefficient (Wildman–Crippen LogP) is 11.4. The van der Waals surface area contributed by atoms with E-state index < -0.39 is 0 Å². The van der Waals surface area contributed by atoms with Gasteiger partial charge in [-0.25, -0.2) is 0 Å². The molecule has 3 heteroatoms. The van der Waals surface area contributed by atoms with Gasteiger partial charge in [0.25, 0.3) is 0 Å². The second kappa shape index (κ2) is 12.7. The SMILES string of the molecule is Cc1cc(C)c(-c2ccnc(-c3[c-]c4c(-c5[c-]c(-c6cc(C(C)(C)C)ccn6)ccc5)cccc4c(C(C)(C)C)c3)c2)cc1C.[Pt+2]. The molecule has 46 heavy (non-hydrogen) atoms. The normalized spacial score (nSPS) is 11.8. The quantitative estimate of drug-likeness (QED) is 0.167. The van der Waals surface area contributed by atoms with Crippen molar-refractivity contribution in [3.63, 3.8) is 0 Å². The number of hydrogen-bond acceptors (Lipinski definition) is 2. The van der Waals surface area contributed by atoms with Crippen molar-refractivity contribution >= 4 is 10.8 Å². The molecule has 0 bridgehead atoms. The van der Waals surface area contributed by atoms with E-state index in [1.54, 1.807) is 0 Å². The van der Waals surface area contributed by atoms with Gasteiger partial charge in [-0.15, -0.1) is 52.9 Å². The maximum absolute atomic E-state index is 4.87. The van der Waals surface area contributed by atoms with Crippen LogP contribution in [0.2, 0.25) is 0 Å². The van der Waals surface area contributed by atoms with Gasteiger partial charge in [-0.05, 0) is 77.1 Å². The van der Waals surface area contributed by atoms with Gasteiger partial charge >= 0.3 is 21.1 Å². The zero-order valence-corrected chi connectivity index (χ0v) is 30.6. The van der Waals surface area contributed by atoms with Gasteiger partial charge < -0.3 is 0 Å². The molecule has 6 rings (SSSR count). The Morgan fingerprint density at radius 2 is 1.20 bits per heavy atom. The van der Waals surface area contributed by atoms with E-state index in [0.29, 0.717) is 0 Å². The number of hydrogen-bond donors (Lipinski definition) is 0. The summed E-state index contributed by atoms with van der Waals surface area (Å²) in [6.45, 7) is 20.1. The molecule has 0 aliphatic carbocycles. The Morgan fingerprint density at radius 1 is 0.543 bits per heavy atom. The van der Waals surface area contributed by atoms with Gasteiger partial charge in [-0.2, -0.15) is 0 Å². The summed E-state index contributed by atoms with van der Waals surface area (Å²) in [5, 5.41) is 2.29. The monoisotopic (exact) mass is 781 g/mol. The van der Waals surface area contributed by atoms with Gasteiger partial charge in [0, 0.05) is 23.8 Å². The van der Waals surface area contributed by atoms with Crippen molar-refractivity contribution in [2.24, 2.45) is 0 Å². The molecule has 6 aromatic rings. The smallest absolute Gasteiger partial charge is 0.295 e. The number of rotatable bonds is 4. The Labute approximate surface area is 289 Å². The number of benzene rings is 4. The minimum Gasteiger partial charge on any atom is -0.295 e. The van der Waals surface area contributed by atoms with Crippen LogP contribution in [0.5, 0.6) is 0 Å². The van der Waals surface area contributed by atoms with Crippen LogP contribution in [0.25, 0.3) is 55.5 Å². The van der Waals surface area contributed by atoms with Crippen LogP contribution in [-0.4, -0.2) is 9.97 Å². The summed E-state index contributed by atoms with van der Waals surface area (Å²) in [4.78, 5) is 9.59. The molecule has 234 valence electrons. The zero-order valence-electron chi connectivity index (χ0n) is 28.4. The van der Waals surface area contributed by atoms with Gasteiger partial charge in [-0.3, -0.25) is 9.97 Å². The van der Waals surface area contributed by atoms with Crippen LogP contribution >= 0.6 is 0 Å². The molecule has 0 radical (unpaired) electrons. The summed E-state index contributed by atoms with van der Waals surface area (Å²) >= 11 is 0. The molecule has 0 saturated carbocycles. The minimum absolute atomic E-state index is 0. The van der Waals surface area contributed by atoms with Crippen LogP contribution < -0.4 is 0 Å². The molecule has 0 amide bonds. The summed E-state index contributed by atoms with van der Waals surface area (Å²) in [6, 6.07) is 35.9. The molecule has 2 aromatic heterocycles. The van der Waals surface area contributed by atoms with E-state index in [4.69, 9.17) is 9.97 Å². The summed E-state index contributed by atoms with van der Waals surface area (Å²) in [7, 11) is 0. The zero-order chi connectivity index (χ0) is 32.1. The molecule has 0 unspecified atom stereocenters. The average Bonchev–Trinajstić information content (AvgIpc) is 3.01. The first-order valence-electron chi connectivity index (χ1n) is 15.8. The average molecular weight is 782 g/mol. The first-order valence-corrected chi connectivity index (χ1v) is 15.8. The van der Waals surface area contributed by atoms with Gasteiger partial charge in [0.15, 0.2) is 0 Å². The van der Waals surface area contributed by atoms with E-state index in [0.717, 1.165) is 39.0 Å². The topological polar surface area (TPSA) is 25.8 Å². The summed E-state index contributed by atoms with van der Waals surface area (Å²) < 4.78 is 0. The van der Waals surface area contributed by atoms with Crippen LogP contribution in [-0.2, 0) is 31.9 Å². The molecule has 0 spiro atoms. The maximum Gasteiger partial charge on any atom is 2.00 e. The van der Waals surface area contributed by atoms with E-state index in [9.17, 15) is 0 Å². The van der Waals surface area contributed by atoms with Gasteiger partial charge in [0.1, 0.15) is 0 Å². The van der Waals surface area contributed by atoms with Crippen molar-refractivity contribution in [2.45, 2.75) is 73.1 Å². The Balaban J connectivity index is 0.00000417. The summed E-state index contributed by atoms with van der Waals surface area (Å²) in [6.07, 6.45) is 3.83. The van der Waals surface area contributed by atoms with Gasteiger partial charge in [0.05, 0.1) is 0 Å². The fourth-order valence-corrected chi connectivity index (χ4v) is 6.12. The maximum atomic E-state index is 4.87.